The van der Waals surface area contributed by atoms with E-state index >= 15 is 0 Å². The molecule has 2 N–H and O–H groups in total. The van der Waals surface area contributed by atoms with Crippen LogP contribution in [0.5, 0.6) is 0 Å². The molecule has 4 heteroatoms. The van der Waals surface area contributed by atoms with Crippen LogP contribution in [0.3, 0.4) is 0 Å². The predicted octanol–water partition coefficient (Wildman–Crippen LogP) is 1.86. The van der Waals surface area contributed by atoms with E-state index in [9.17, 15) is 9.90 Å². The molecule has 0 radical (unpaired) electrons. The van der Waals surface area contributed by atoms with Crippen LogP contribution in [0.1, 0.15) is 52.4 Å². The second-order valence-electron chi connectivity index (χ2n) is 5.47. The number of hydrogen-bond acceptors (Lipinski definition) is 3. The lowest BCUT2D eigenvalue weighted by molar-refractivity contribution is -0.124. The quantitative estimate of drug-likeness (QED) is 0.684. The number of carbonyl (C=O) groups excluding carboxylic acids is 1. The first-order valence-corrected chi connectivity index (χ1v) is 7.11. The van der Waals surface area contributed by atoms with Crippen LogP contribution in [0.2, 0.25) is 0 Å². The van der Waals surface area contributed by atoms with Crippen molar-refractivity contribution in [1.29, 1.82) is 0 Å². The summed E-state index contributed by atoms with van der Waals surface area (Å²) >= 11 is 0. The zero-order chi connectivity index (χ0) is 13.4. The largest absolute Gasteiger partial charge is 0.394 e. The fourth-order valence-corrected chi connectivity index (χ4v) is 2.47. The molecule has 0 aromatic heterocycles. The Bertz CT molecular complexity index is 247. The van der Waals surface area contributed by atoms with Crippen molar-refractivity contribution in [3.8, 4) is 0 Å². The molecule has 0 saturated heterocycles. The maximum atomic E-state index is 11.8. The Morgan fingerprint density at radius 2 is 2.11 bits per heavy atom. The summed E-state index contributed by atoms with van der Waals surface area (Å²) in [6, 6.07) is 0. The van der Waals surface area contributed by atoms with Crippen molar-refractivity contribution in [3.63, 3.8) is 0 Å². The van der Waals surface area contributed by atoms with Crippen LogP contribution in [0.15, 0.2) is 0 Å². The maximum absolute atomic E-state index is 11.8. The Hall–Kier alpha value is -0.610. The second-order valence-corrected chi connectivity index (χ2v) is 5.47. The normalized spacial score (nSPS) is 28.1. The SMILES string of the molecule is CCOCCCC(=O)NC1(CO)CCC(C)CC1. The number of hydrogen-bond donors (Lipinski definition) is 2. The monoisotopic (exact) mass is 257 g/mol. The molecule has 18 heavy (non-hydrogen) atoms. The minimum absolute atomic E-state index is 0.0401. The van der Waals surface area contributed by atoms with E-state index in [0.29, 0.717) is 25.6 Å². The van der Waals surface area contributed by atoms with Gasteiger partial charge in [-0.15, -0.1) is 0 Å². The molecule has 0 aromatic carbocycles. The van der Waals surface area contributed by atoms with Crippen LogP contribution in [0.25, 0.3) is 0 Å². The average molecular weight is 257 g/mol. The molecule has 0 heterocycles. The van der Waals surface area contributed by atoms with E-state index in [1.807, 2.05) is 6.92 Å². The summed E-state index contributed by atoms with van der Waals surface area (Å²) in [5.41, 5.74) is -0.366. The van der Waals surface area contributed by atoms with Gasteiger partial charge in [0, 0.05) is 19.6 Å². The lowest BCUT2D eigenvalue weighted by atomic mass is 9.77. The number of aliphatic hydroxyl groups is 1. The molecule has 4 nitrogen and oxygen atoms in total. The Labute approximate surface area is 110 Å². The third-order valence-electron chi connectivity index (χ3n) is 3.84. The molecule has 1 rings (SSSR count). The van der Waals surface area contributed by atoms with E-state index in [1.54, 1.807) is 0 Å². The highest BCUT2D eigenvalue weighted by Gasteiger charge is 2.34. The average Bonchev–Trinajstić information content (AvgIpc) is 2.38. The van der Waals surface area contributed by atoms with Crippen molar-refractivity contribution in [2.75, 3.05) is 19.8 Å². The van der Waals surface area contributed by atoms with Gasteiger partial charge in [-0.2, -0.15) is 0 Å². The third-order valence-corrected chi connectivity index (χ3v) is 3.84. The van der Waals surface area contributed by atoms with Crippen LogP contribution in [0, 0.1) is 5.92 Å². The smallest absolute Gasteiger partial charge is 0.220 e. The Kier molecular flexibility index (Phi) is 6.65. The van der Waals surface area contributed by atoms with Gasteiger partial charge in [0.15, 0.2) is 0 Å². The molecule has 0 aromatic rings. The molecular formula is C14H27NO3. The molecule has 0 atom stereocenters. The number of amides is 1. The van der Waals surface area contributed by atoms with Crippen LogP contribution >= 0.6 is 0 Å². The van der Waals surface area contributed by atoms with Gasteiger partial charge in [-0.1, -0.05) is 6.92 Å². The van der Waals surface area contributed by atoms with Crippen molar-refractivity contribution in [2.24, 2.45) is 5.92 Å². The van der Waals surface area contributed by atoms with Crippen LogP contribution in [-0.2, 0) is 9.53 Å². The van der Waals surface area contributed by atoms with Crippen molar-refractivity contribution in [3.05, 3.63) is 0 Å². The molecule has 0 aliphatic heterocycles. The first-order valence-electron chi connectivity index (χ1n) is 7.11. The molecule has 106 valence electrons. The Balaban J connectivity index is 2.31. The summed E-state index contributed by atoms with van der Waals surface area (Å²) < 4.78 is 5.21. The van der Waals surface area contributed by atoms with E-state index in [-0.39, 0.29) is 18.1 Å². The molecule has 1 amide bonds. The maximum Gasteiger partial charge on any atom is 0.220 e. The molecular weight excluding hydrogens is 230 g/mol. The van der Waals surface area contributed by atoms with Crippen molar-refractivity contribution in [2.45, 2.75) is 57.9 Å². The van der Waals surface area contributed by atoms with E-state index in [2.05, 4.69) is 12.2 Å². The first-order chi connectivity index (χ1) is 8.62. The molecule has 1 aliphatic rings. The minimum Gasteiger partial charge on any atom is -0.394 e. The number of carbonyl (C=O) groups is 1. The highest BCUT2D eigenvalue weighted by Crippen LogP contribution is 2.31. The highest BCUT2D eigenvalue weighted by atomic mass is 16.5. The lowest BCUT2D eigenvalue weighted by Gasteiger charge is -2.38. The van der Waals surface area contributed by atoms with E-state index < -0.39 is 0 Å². The van der Waals surface area contributed by atoms with Gasteiger partial charge in [0.25, 0.3) is 0 Å². The summed E-state index contributed by atoms with van der Waals surface area (Å²) in [6.45, 7) is 5.55. The highest BCUT2D eigenvalue weighted by molar-refractivity contribution is 5.76. The predicted molar refractivity (Wildman–Crippen MR) is 71.3 cm³/mol. The van der Waals surface area contributed by atoms with Crippen LogP contribution < -0.4 is 5.32 Å². The second kappa shape index (κ2) is 7.74. The van der Waals surface area contributed by atoms with Gasteiger partial charge in [-0.05, 0) is 44.9 Å². The number of nitrogens with one attached hydrogen (secondary N) is 1. The van der Waals surface area contributed by atoms with Gasteiger partial charge in [0.05, 0.1) is 12.1 Å². The van der Waals surface area contributed by atoms with Gasteiger partial charge in [-0.3, -0.25) is 4.79 Å². The minimum atomic E-state index is -0.366. The Morgan fingerprint density at radius 3 is 2.67 bits per heavy atom. The van der Waals surface area contributed by atoms with E-state index in [0.717, 1.165) is 32.1 Å². The van der Waals surface area contributed by atoms with Crippen molar-refractivity contribution >= 4 is 5.91 Å². The van der Waals surface area contributed by atoms with Crippen molar-refractivity contribution < 1.29 is 14.6 Å². The fraction of sp³-hybridized carbons (Fsp3) is 0.929. The number of rotatable bonds is 7. The van der Waals surface area contributed by atoms with Crippen LogP contribution in [-0.4, -0.2) is 36.4 Å². The first kappa shape index (κ1) is 15.4. The van der Waals surface area contributed by atoms with E-state index in [4.69, 9.17) is 4.74 Å². The fourth-order valence-electron chi connectivity index (χ4n) is 2.47. The summed E-state index contributed by atoms with van der Waals surface area (Å²) in [7, 11) is 0. The van der Waals surface area contributed by atoms with Gasteiger partial charge in [0.1, 0.15) is 0 Å². The van der Waals surface area contributed by atoms with Gasteiger partial charge >= 0.3 is 0 Å². The molecule has 0 spiro atoms. The van der Waals surface area contributed by atoms with Gasteiger partial charge < -0.3 is 15.2 Å². The molecule has 0 bridgehead atoms. The standard InChI is InChI=1S/C14H27NO3/c1-3-18-10-4-5-13(17)15-14(11-16)8-6-12(2)7-9-14/h12,16H,3-11H2,1-2H3,(H,15,17). The summed E-state index contributed by atoms with van der Waals surface area (Å²) in [4.78, 5) is 11.8. The molecule has 0 unspecified atom stereocenters. The number of ether oxygens (including phenoxy) is 1. The molecule has 1 saturated carbocycles. The van der Waals surface area contributed by atoms with Gasteiger partial charge in [-0.25, -0.2) is 0 Å². The van der Waals surface area contributed by atoms with Gasteiger partial charge in [0.2, 0.25) is 5.91 Å². The van der Waals surface area contributed by atoms with Crippen molar-refractivity contribution in [1.82, 2.24) is 5.32 Å². The number of aliphatic hydroxyl groups excluding tert-OH is 1. The van der Waals surface area contributed by atoms with E-state index in [1.165, 1.54) is 0 Å². The zero-order valence-electron chi connectivity index (χ0n) is 11.7. The zero-order valence-corrected chi connectivity index (χ0v) is 11.7. The van der Waals surface area contributed by atoms with Crippen LogP contribution in [0.4, 0.5) is 0 Å². The summed E-state index contributed by atoms with van der Waals surface area (Å²) in [5, 5.41) is 12.6. The lowest BCUT2D eigenvalue weighted by Crippen LogP contribution is -2.53. The summed E-state index contributed by atoms with van der Waals surface area (Å²) in [6.07, 6.45) is 5.18. The molecule has 1 aliphatic carbocycles. The third kappa shape index (κ3) is 4.94. The Morgan fingerprint density at radius 1 is 1.44 bits per heavy atom. The topological polar surface area (TPSA) is 58.6 Å². The molecule has 1 fully saturated rings. The summed E-state index contributed by atoms with van der Waals surface area (Å²) in [5.74, 6) is 0.748.